The molecule has 2 aliphatic rings. The average Bonchev–Trinajstić information content (AvgIpc) is 2.93. The molecule has 16 heavy (non-hydrogen) atoms. The van der Waals surface area contributed by atoms with E-state index >= 15 is 0 Å². The van der Waals surface area contributed by atoms with Gasteiger partial charge in [0.1, 0.15) is 0 Å². The van der Waals surface area contributed by atoms with Crippen LogP contribution in [0.25, 0.3) is 0 Å². The standard InChI is InChI=1S/C13H22O3/c14-7-13(8-15,9-16)4-3-12-6-10-1-2-11(12)5-10/h10,14-16H,1-9H2. The van der Waals surface area contributed by atoms with Gasteiger partial charge in [-0.2, -0.15) is 0 Å². The second-order valence-electron chi connectivity index (χ2n) is 5.49. The maximum Gasteiger partial charge on any atom is 0.0531 e. The first-order valence-corrected chi connectivity index (χ1v) is 6.25. The van der Waals surface area contributed by atoms with E-state index in [2.05, 4.69) is 0 Å². The molecule has 92 valence electrons. The highest BCUT2D eigenvalue weighted by atomic mass is 16.3. The van der Waals surface area contributed by atoms with Gasteiger partial charge in [0.25, 0.3) is 0 Å². The van der Waals surface area contributed by atoms with E-state index in [4.69, 9.17) is 0 Å². The predicted molar refractivity (Wildman–Crippen MR) is 61.9 cm³/mol. The molecule has 1 unspecified atom stereocenters. The zero-order valence-corrected chi connectivity index (χ0v) is 9.78. The van der Waals surface area contributed by atoms with Crippen LogP contribution in [-0.4, -0.2) is 35.1 Å². The minimum absolute atomic E-state index is 0.133. The summed E-state index contributed by atoms with van der Waals surface area (Å²) >= 11 is 0. The molecule has 3 nitrogen and oxygen atoms in total. The Kier molecular flexibility index (Phi) is 3.67. The minimum Gasteiger partial charge on any atom is -0.396 e. The fraction of sp³-hybridized carbons (Fsp3) is 0.846. The van der Waals surface area contributed by atoms with Crippen LogP contribution in [0.2, 0.25) is 0 Å². The fourth-order valence-electron chi connectivity index (χ4n) is 3.00. The van der Waals surface area contributed by atoms with E-state index in [0.717, 1.165) is 12.3 Å². The second kappa shape index (κ2) is 4.86. The van der Waals surface area contributed by atoms with Crippen molar-refractivity contribution in [2.45, 2.75) is 38.5 Å². The lowest BCUT2D eigenvalue weighted by molar-refractivity contribution is -0.000437. The van der Waals surface area contributed by atoms with E-state index in [9.17, 15) is 15.3 Å². The van der Waals surface area contributed by atoms with Crippen LogP contribution in [0.15, 0.2) is 11.1 Å². The molecule has 1 fully saturated rings. The lowest BCUT2D eigenvalue weighted by Crippen LogP contribution is -2.34. The van der Waals surface area contributed by atoms with Gasteiger partial charge in [-0.25, -0.2) is 0 Å². The number of aliphatic hydroxyl groups excluding tert-OH is 3. The van der Waals surface area contributed by atoms with Gasteiger partial charge in [-0.3, -0.25) is 0 Å². The van der Waals surface area contributed by atoms with E-state index in [1.54, 1.807) is 5.57 Å². The van der Waals surface area contributed by atoms with Gasteiger partial charge < -0.3 is 15.3 Å². The van der Waals surface area contributed by atoms with Crippen LogP contribution in [0, 0.1) is 11.3 Å². The molecule has 0 aliphatic heterocycles. The average molecular weight is 226 g/mol. The van der Waals surface area contributed by atoms with Gasteiger partial charge >= 0.3 is 0 Å². The number of fused-ring (bicyclic) bond motifs is 2. The number of rotatable bonds is 6. The summed E-state index contributed by atoms with van der Waals surface area (Å²) in [5.74, 6) is 0.872. The highest BCUT2D eigenvalue weighted by Gasteiger charge is 2.33. The van der Waals surface area contributed by atoms with E-state index in [-0.39, 0.29) is 19.8 Å². The molecule has 0 aromatic heterocycles. The minimum atomic E-state index is -0.685. The molecule has 0 heterocycles. The summed E-state index contributed by atoms with van der Waals surface area (Å²) in [5.41, 5.74) is 2.47. The Morgan fingerprint density at radius 2 is 1.75 bits per heavy atom. The summed E-state index contributed by atoms with van der Waals surface area (Å²) in [6.07, 6.45) is 6.73. The van der Waals surface area contributed by atoms with Gasteiger partial charge in [0, 0.05) is 5.41 Å². The number of hydrogen-bond acceptors (Lipinski definition) is 3. The monoisotopic (exact) mass is 226 g/mol. The molecule has 3 heteroatoms. The Bertz CT molecular complexity index is 271. The maximum atomic E-state index is 9.25. The van der Waals surface area contributed by atoms with Crippen molar-refractivity contribution in [1.82, 2.24) is 0 Å². The number of hydrogen-bond donors (Lipinski definition) is 3. The Balaban J connectivity index is 1.91. The van der Waals surface area contributed by atoms with Crippen molar-refractivity contribution in [3.63, 3.8) is 0 Å². The van der Waals surface area contributed by atoms with Crippen molar-refractivity contribution in [3.05, 3.63) is 11.1 Å². The van der Waals surface area contributed by atoms with Crippen LogP contribution in [0.4, 0.5) is 0 Å². The third kappa shape index (κ3) is 2.17. The quantitative estimate of drug-likeness (QED) is 0.597. The van der Waals surface area contributed by atoms with Crippen molar-refractivity contribution >= 4 is 0 Å². The summed E-state index contributed by atoms with van der Waals surface area (Å²) in [4.78, 5) is 0. The molecular formula is C13H22O3. The van der Waals surface area contributed by atoms with Gasteiger partial charge in [-0.1, -0.05) is 11.1 Å². The highest BCUT2D eigenvalue weighted by Crippen LogP contribution is 2.46. The zero-order chi connectivity index (χ0) is 11.6. The largest absolute Gasteiger partial charge is 0.396 e. The molecule has 1 saturated carbocycles. The van der Waals surface area contributed by atoms with Crippen molar-refractivity contribution in [3.8, 4) is 0 Å². The van der Waals surface area contributed by atoms with E-state index in [1.165, 1.54) is 31.3 Å². The summed E-state index contributed by atoms with van der Waals surface area (Å²) in [5, 5.41) is 27.7. The molecule has 0 radical (unpaired) electrons. The molecule has 2 bridgehead atoms. The van der Waals surface area contributed by atoms with Gasteiger partial charge in [0.15, 0.2) is 0 Å². The van der Waals surface area contributed by atoms with Crippen LogP contribution >= 0.6 is 0 Å². The van der Waals surface area contributed by atoms with Crippen molar-refractivity contribution in [2.24, 2.45) is 11.3 Å². The van der Waals surface area contributed by atoms with E-state index in [1.807, 2.05) is 0 Å². The highest BCUT2D eigenvalue weighted by molar-refractivity contribution is 5.25. The van der Waals surface area contributed by atoms with E-state index in [0.29, 0.717) is 6.42 Å². The SMILES string of the molecule is OCC(CO)(CO)CCC1=C2CCC(C2)C1. The molecule has 0 saturated heterocycles. The Morgan fingerprint density at radius 3 is 2.19 bits per heavy atom. The molecule has 2 rings (SSSR count). The third-order valence-corrected chi connectivity index (χ3v) is 4.39. The summed E-state index contributed by atoms with van der Waals surface area (Å²) in [6, 6.07) is 0. The van der Waals surface area contributed by atoms with Gasteiger partial charge in [-0.15, -0.1) is 0 Å². The normalized spacial score (nSPS) is 24.6. The molecular weight excluding hydrogens is 204 g/mol. The fourth-order valence-corrected chi connectivity index (χ4v) is 3.00. The van der Waals surface area contributed by atoms with Crippen LogP contribution in [-0.2, 0) is 0 Å². The first-order valence-electron chi connectivity index (χ1n) is 6.25. The van der Waals surface area contributed by atoms with Crippen molar-refractivity contribution in [2.75, 3.05) is 19.8 Å². The van der Waals surface area contributed by atoms with Crippen LogP contribution < -0.4 is 0 Å². The molecule has 0 amide bonds. The van der Waals surface area contributed by atoms with E-state index < -0.39 is 5.41 Å². The van der Waals surface area contributed by atoms with Gasteiger partial charge in [-0.05, 0) is 44.4 Å². The van der Waals surface area contributed by atoms with Crippen molar-refractivity contribution < 1.29 is 15.3 Å². The molecule has 0 spiro atoms. The van der Waals surface area contributed by atoms with Gasteiger partial charge in [0.05, 0.1) is 19.8 Å². The van der Waals surface area contributed by atoms with Crippen LogP contribution in [0.1, 0.15) is 38.5 Å². The summed E-state index contributed by atoms with van der Waals surface area (Å²) < 4.78 is 0. The summed E-state index contributed by atoms with van der Waals surface area (Å²) in [6.45, 7) is -0.399. The zero-order valence-electron chi connectivity index (χ0n) is 9.78. The van der Waals surface area contributed by atoms with Crippen LogP contribution in [0.5, 0.6) is 0 Å². The molecule has 3 N–H and O–H groups in total. The van der Waals surface area contributed by atoms with Crippen LogP contribution in [0.3, 0.4) is 0 Å². The molecule has 0 aromatic rings. The smallest absolute Gasteiger partial charge is 0.0531 e. The van der Waals surface area contributed by atoms with Crippen molar-refractivity contribution in [1.29, 1.82) is 0 Å². The lowest BCUT2D eigenvalue weighted by Gasteiger charge is -2.28. The second-order valence-corrected chi connectivity index (χ2v) is 5.49. The first-order chi connectivity index (χ1) is 7.73. The number of aliphatic hydroxyl groups is 3. The Hall–Kier alpha value is -0.380. The molecule has 2 aliphatic carbocycles. The Morgan fingerprint density at radius 1 is 1.06 bits per heavy atom. The maximum absolute atomic E-state index is 9.25. The lowest BCUT2D eigenvalue weighted by atomic mass is 9.83. The van der Waals surface area contributed by atoms with Gasteiger partial charge in [0.2, 0.25) is 0 Å². The first kappa shape index (κ1) is 12.1. The molecule has 0 aromatic carbocycles. The topological polar surface area (TPSA) is 60.7 Å². The number of allylic oxidation sites excluding steroid dienone is 2. The third-order valence-electron chi connectivity index (χ3n) is 4.39. The predicted octanol–water partition coefficient (Wildman–Crippen LogP) is 1.23. The molecule has 1 atom stereocenters. The summed E-state index contributed by atoms with van der Waals surface area (Å²) in [7, 11) is 0. The Labute approximate surface area is 96.8 Å².